The van der Waals surface area contributed by atoms with E-state index in [1.807, 2.05) is 24.3 Å². The number of carboxylic acid groups (broad SMARTS) is 1. The van der Waals surface area contributed by atoms with Crippen LogP contribution >= 0.6 is 0 Å². The molecular formula is C15H21NO3. The van der Waals surface area contributed by atoms with Crippen LogP contribution < -0.4 is 4.74 Å². The molecule has 0 unspecified atom stereocenters. The lowest BCUT2D eigenvalue weighted by Gasteiger charge is -2.30. The highest BCUT2D eigenvalue weighted by atomic mass is 16.5. The molecule has 1 fully saturated rings. The van der Waals surface area contributed by atoms with Gasteiger partial charge in [0, 0.05) is 6.54 Å². The summed E-state index contributed by atoms with van der Waals surface area (Å²) >= 11 is 0. The highest BCUT2D eigenvalue weighted by Crippen LogP contribution is 2.19. The van der Waals surface area contributed by atoms with Crippen LogP contribution in [0.5, 0.6) is 5.75 Å². The number of hydrogen-bond donors (Lipinski definition) is 1. The molecule has 0 spiro atoms. The molecule has 4 nitrogen and oxygen atoms in total. The molecule has 0 amide bonds. The number of hydrogen-bond acceptors (Lipinski definition) is 3. The summed E-state index contributed by atoms with van der Waals surface area (Å²) in [6.45, 7) is 5.32. The van der Waals surface area contributed by atoms with Gasteiger partial charge in [-0.15, -0.1) is 0 Å². The van der Waals surface area contributed by atoms with E-state index >= 15 is 0 Å². The van der Waals surface area contributed by atoms with Crippen molar-refractivity contribution in [3.63, 3.8) is 0 Å². The topological polar surface area (TPSA) is 49.8 Å². The summed E-state index contributed by atoms with van der Waals surface area (Å²) in [7, 11) is 0. The van der Waals surface area contributed by atoms with Gasteiger partial charge in [-0.25, -0.2) is 4.79 Å². The lowest BCUT2D eigenvalue weighted by molar-refractivity contribution is -0.139. The Morgan fingerprint density at radius 1 is 1.32 bits per heavy atom. The van der Waals surface area contributed by atoms with Crippen molar-refractivity contribution in [3.05, 3.63) is 29.8 Å². The molecule has 1 heterocycles. The highest BCUT2D eigenvalue weighted by molar-refractivity contribution is 5.68. The molecule has 0 aromatic heterocycles. The summed E-state index contributed by atoms with van der Waals surface area (Å²) in [5.74, 6) is 0.507. The number of aliphatic carboxylic acids is 1. The van der Waals surface area contributed by atoms with Gasteiger partial charge in [0.25, 0.3) is 0 Å². The van der Waals surface area contributed by atoms with Crippen LogP contribution in [0, 0.1) is 5.92 Å². The monoisotopic (exact) mass is 263 g/mol. The van der Waals surface area contributed by atoms with Crippen LogP contribution in [0.25, 0.3) is 0 Å². The van der Waals surface area contributed by atoms with Crippen molar-refractivity contribution in [2.24, 2.45) is 5.92 Å². The zero-order valence-electron chi connectivity index (χ0n) is 11.3. The van der Waals surface area contributed by atoms with Crippen molar-refractivity contribution in [2.75, 3.05) is 19.7 Å². The fourth-order valence-corrected chi connectivity index (χ4v) is 2.31. The number of carboxylic acids is 1. The number of benzene rings is 1. The number of likely N-dealkylation sites (tertiary alicyclic amines) is 1. The third-order valence-corrected chi connectivity index (χ3v) is 3.57. The average molecular weight is 263 g/mol. The number of carbonyl (C=O) groups is 1. The van der Waals surface area contributed by atoms with E-state index in [-0.39, 0.29) is 6.61 Å². The normalized spacial score (nSPS) is 17.3. The minimum absolute atomic E-state index is 0.288. The van der Waals surface area contributed by atoms with Crippen LogP contribution in [-0.2, 0) is 11.3 Å². The summed E-state index contributed by atoms with van der Waals surface area (Å²) in [5, 5.41) is 8.54. The van der Waals surface area contributed by atoms with Gasteiger partial charge in [0.2, 0.25) is 0 Å². The number of nitrogens with zero attached hydrogens (tertiary/aromatic N) is 1. The Morgan fingerprint density at radius 3 is 2.53 bits per heavy atom. The zero-order valence-corrected chi connectivity index (χ0v) is 11.3. The van der Waals surface area contributed by atoms with Gasteiger partial charge in [0.05, 0.1) is 0 Å². The SMILES string of the molecule is CC1CCN(Cc2ccc(OCC(=O)O)cc2)CC1. The molecule has 1 saturated heterocycles. The molecule has 19 heavy (non-hydrogen) atoms. The molecule has 0 aliphatic carbocycles. The van der Waals surface area contributed by atoms with Crippen molar-refractivity contribution >= 4 is 5.97 Å². The van der Waals surface area contributed by atoms with Crippen LogP contribution in [0.2, 0.25) is 0 Å². The fraction of sp³-hybridized carbons (Fsp3) is 0.533. The highest BCUT2D eigenvalue weighted by Gasteiger charge is 2.15. The zero-order chi connectivity index (χ0) is 13.7. The lowest BCUT2D eigenvalue weighted by atomic mass is 9.99. The standard InChI is InChI=1S/C15H21NO3/c1-12-6-8-16(9-7-12)10-13-2-4-14(5-3-13)19-11-15(17)18/h2-5,12H,6-11H2,1H3,(H,17,18). The number of rotatable bonds is 5. The smallest absolute Gasteiger partial charge is 0.341 e. The Kier molecular flexibility index (Phi) is 4.80. The molecule has 4 heteroatoms. The number of piperidine rings is 1. The van der Waals surface area contributed by atoms with Crippen LogP contribution in [0.1, 0.15) is 25.3 Å². The van der Waals surface area contributed by atoms with Gasteiger partial charge >= 0.3 is 5.97 Å². The Bertz CT molecular complexity index is 408. The Hall–Kier alpha value is -1.55. The average Bonchev–Trinajstić information content (AvgIpc) is 2.40. The summed E-state index contributed by atoms with van der Waals surface area (Å²) in [5.41, 5.74) is 1.25. The molecule has 0 bridgehead atoms. The van der Waals surface area contributed by atoms with Gasteiger partial charge in [-0.1, -0.05) is 19.1 Å². The second-order valence-electron chi connectivity index (χ2n) is 5.29. The summed E-state index contributed by atoms with van der Waals surface area (Å²) < 4.78 is 5.11. The van der Waals surface area contributed by atoms with Gasteiger partial charge in [-0.3, -0.25) is 4.90 Å². The van der Waals surface area contributed by atoms with Gasteiger partial charge in [0.15, 0.2) is 6.61 Å². The Morgan fingerprint density at radius 2 is 1.95 bits per heavy atom. The van der Waals surface area contributed by atoms with E-state index in [4.69, 9.17) is 9.84 Å². The molecule has 0 radical (unpaired) electrons. The van der Waals surface area contributed by atoms with E-state index in [0.29, 0.717) is 5.75 Å². The molecule has 1 aliphatic rings. The molecule has 1 aliphatic heterocycles. The second kappa shape index (κ2) is 6.57. The molecule has 2 rings (SSSR count). The minimum Gasteiger partial charge on any atom is -0.482 e. The third-order valence-electron chi connectivity index (χ3n) is 3.57. The van der Waals surface area contributed by atoms with Crippen molar-refractivity contribution in [2.45, 2.75) is 26.3 Å². The van der Waals surface area contributed by atoms with E-state index in [9.17, 15) is 4.79 Å². The lowest BCUT2D eigenvalue weighted by Crippen LogP contribution is -2.32. The first-order valence-electron chi connectivity index (χ1n) is 6.79. The maximum Gasteiger partial charge on any atom is 0.341 e. The first kappa shape index (κ1) is 13.9. The summed E-state index contributed by atoms with van der Waals surface area (Å²) in [6, 6.07) is 7.69. The van der Waals surface area contributed by atoms with E-state index in [1.165, 1.54) is 31.5 Å². The third kappa shape index (κ3) is 4.56. The van der Waals surface area contributed by atoms with E-state index in [2.05, 4.69) is 11.8 Å². The van der Waals surface area contributed by atoms with Gasteiger partial charge < -0.3 is 9.84 Å². The minimum atomic E-state index is -0.952. The van der Waals surface area contributed by atoms with E-state index < -0.39 is 5.97 Å². The maximum atomic E-state index is 10.4. The van der Waals surface area contributed by atoms with Crippen molar-refractivity contribution in [1.82, 2.24) is 4.90 Å². The van der Waals surface area contributed by atoms with E-state index in [1.54, 1.807) is 0 Å². The molecule has 0 atom stereocenters. The van der Waals surface area contributed by atoms with Crippen LogP contribution in [-0.4, -0.2) is 35.7 Å². The van der Waals surface area contributed by atoms with Gasteiger partial charge in [0.1, 0.15) is 5.75 Å². The predicted octanol–water partition coefficient (Wildman–Crippen LogP) is 2.38. The van der Waals surface area contributed by atoms with Gasteiger partial charge in [-0.05, 0) is 49.5 Å². The molecule has 104 valence electrons. The quantitative estimate of drug-likeness (QED) is 0.886. The number of ether oxygens (including phenoxy) is 1. The Balaban J connectivity index is 1.83. The van der Waals surface area contributed by atoms with Gasteiger partial charge in [-0.2, -0.15) is 0 Å². The van der Waals surface area contributed by atoms with Crippen molar-refractivity contribution in [1.29, 1.82) is 0 Å². The molecule has 1 N–H and O–H groups in total. The molecular weight excluding hydrogens is 242 g/mol. The van der Waals surface area contributed by atoms with Crippen LogP contribution in [0.3, 0.4) is 0 Å². The second-order valence-corrected chi connectivity index (χ2v) is 5.29. The largest absolute Gasteiger partial charge is 0.482 e. The summed E-state index contributed by atoms with van der Waals surface area (Å²) in [6.07, 6.45) is 2.56. The van der Waals surface area contributed by atoms with E-state index in [0.717, 1.165) is 12.5 Å². The van der Waals surface area contributed by atoms with Crippen LogP contribution in [0.4, 0.5) is 0 Å². The first-order chi connectivity index (χ1) is 9.13. The van der Waals surface area contributed by atoms with Crippen molar-refractivity contribution in [3.8, 4) is 5.75 Å². The first-order valence-corrected chi connectivity index (χ1v) is 6.79. The molecule has 1 aromatic rings. The Labute approximate surface area is 114 Å². The predicted molar refractivity (Wildman–Crippen MR) is 73.2 cm³/mol. The maximum absolute atomic E-state index is 10.4. The molecule has 0 saturated carbocycles. The van der Waals surface area contributed by atoms with Crippen LogP contribution in [0.15, 0.2) is 24.3 Å². The fourth-order valence-electron chi connectivity index (χ4n) is 2.31. The van der Waals surface area contributed by atoms with Crippen molar-refractivity contribution < 1.29 is 14.6 Å². The summed E-state index contributed by atoms with van der Waals surface area (Å²) in [4.78, 5) is 12.9. The molecule has 1 aromatic carbocycles.